The summed E-state index contributed by atoms with van der Waals surface area (Å²) in [5, 5.41) is 2.12. The molecule has 0 aliphatic heterocycles. The van der Waals surface area contributed by atoms with Crippen LogP contribution in [0.25, 0.3) is 0 Å². The summed E-state index contributed by atoms with van der Waals surface area (Å²) in [5.41, 5.74) is 2.94. The minimum atomic E-state index is 0.421. The van der Waals surface area contributed by atoms with Gasteiger partial charge in [-0.2, -0.15) is 0 Å². The van der Waals surface area contributed by atoms with E-state index in [0.717, 1.165) is 12.3 Å². The smallest absolute Gasteiger partial charge is 0.0261 e. The molecule has 1 aromatic rings. The first-order valence-corrected chi connectivity index (χ1v) is 6.62. The van der Waals surface area contributed by atoms with Gasteiger partial charge in [0.1, 0.15) is 0 Å². The largest absolute Gasteiger partial charge is 0.271 e. The fourth-order valence-corrected chi connectivity index (χ4v) is 2.76. The minimum absolute atomic E-state index is 0.421. The van der Waals surface area contributed by atoms with Gasteiger partial charge in [-0.05, 0) is 30.2 Å². The van der Waals surface area contributed by atoms with Crippen LogP contribution in [0.5, 0.6) is 0 Å². The zero-order chi connectivity index (χ0) is 11.1. The molecule has 2 unspecified atom stereocenters. The molecule has 0 amide bonds. The quantitative estimate of drug-likeness (QED) is 0.554. The van der Waals surface area contributed by atoms with Gasteiger partial charge in [0.05, 0.1) is 0 Å². The Morgan fingerprint density at radius 1 is 1.53 bits per heavy atom. The summed E-state index contributed by atoms with van der Waals surface area (Å²) in [7, 11) is 0. The van der Waals surface area contributed by atoms with Crippen molar-refractivity contribution in [3.05, 3.63) is 22.4 Å². The van der Waals surface area contributed by atoms with Crippen molar-refractivity contribution < 1.29 is 0 Å². The van der Waals surface area contributed by atoms with E-state index in [4.69, 9.17) is 5.84 Å². The molecule has 0 saturated heterocycles. The molecule has 2 atom stereocenters. The maximum Gasteiger partial charge on any atom is 0.0261 e. The molecule has 1 rings (SSSR count). The van der Waals surface area contributed by atoms with Gasteiger partial charge in [-0.1, -0.05) is 32.8 Å². The first kappa shape index (κ1) is 12.7. The first-order chi connectivity index (χ1) is 7.26. The van der Waals surface area contributed by atoms with Gasteiger partial charge in [-0.15, -0.1) is 11.3 Å². The van der Waals surface area contributed by atoms with Crippen molar-refractivity contribution in [2.24, 2.45) is 11.8 Å². The van der Waals surface area contributed by atoms with Crippen molar-refractivity contribution in [3.8, 4) is 0 Å². The fourth-order valence-electron chi connectivity index (χ4n) is 1.98. The lowest BCUT2D eigenvalue weighted by atomic mass is 9.95. The average molecular weight is 226 g/mol. The minimum Gasteiger partial charge on any atom is -0.271 e. The SMILES string of the molecule is CCCC(C)CC(Cc1cccs1)NN. The Morgan fingerprint density at radius 2 is 2.33 bits per heavy atom. The van der Waals surface area contributed by atoms with E-state index in [1.165, 1.54) is 24.1 Å². The number of hydrazine groups is 1. The highest BCUT2D eigenvalue weighted by molar-refractivity contribution is 7.09. The van der Waals surface area contributed by atoms with E-state index in [-0.39, 0.29) is 0 Å². The van der Waals surface area contributed by atoms with Crippen LogP contribution in [0.2, 0.25) is 0 Å². The third kappa shape index (κ3) is 4.78. The van der Waals surface area contributed by atoms with Gasteiger partial charge in [0.25, 0.3) is 0 Å². The molecule has 15 heavy (non-hydrogen) atoms. The third-order valence-electron chi connectivity index (χ3n) is 2.73. The van der Waals surface area contributed by atoms with Crippen LogP contribution in [-0.4, -0.2) is 6.04 Å². The van der Waals surface area contributed by atoms with E-state index in [1.54, 1.807) is 0 Å². The molecule has 0 saturated carbocycles. The second-order valence-corrected chi connectivity index (χ2v) is 5.31. The molecular weight excluding hydrogens is 204 g/mol. The molecule has 2 nitrogen and oxygen atoms in total. The lowest BCUT2D eigenvalue weighted by Crippen LogP contribution is -2.37. The van der Waals surface area contributed by atoms with Crippen LogP contribution in [0.3, 0.4) is 0 Å². The second kappa shape index (κ2) is 6.99. The van der Waals surface area contributed by atoms with Gasteiger partial charge in [0.2, 0.25) is 0 Å². The average Bonchev–Trinajstić information content (AvgIpc) is 2.70. The second-order valence-electron chi connectivity index (χ2n) is 4.28. The molecule has 0 aliphatic rings. The number of rotatable bonds is 7. The van der Waals surface area contributed by atoms with Crippen LogP contribution >= 0.6 is 11.3 Å². The molecule has 0 radical (unpaired) electrons. The monoisotopic (exact) mass is 226 g/mol. The zero-order valence-electron chi connectivity index (χ0n) is 9.70. The van der Waals surface area contributed by atoms with Gasteiger partial charge in [-0.25, -0.2) is 0 Å². The Bertz CT molecular complexity index is 246. The lowest BCUT2D eigenvalue weighted by Gasteiger charge is -2.19. The molecular formula is C12H22N2S. The summed E-state index contributed by atoms with van der Waals surface area (Å²) >= 11 is 1.81. The summed E-state index contributed by atoms with van der Waals surface area (Å²) in [5.74, 6) is 6.35. The highest BCUT2D eigenvalue weighted by Crippen LogP contribution is 2.17. The van der Waals surface area contributed by atoms with Crippen molar-refractivity contribution in [2.75, 3.05) is 0 Å². The van der Waals surface area contributed by atoms with Crippen LogP contribution in [-0.2, 0) is 6.42 Å². The van der Waals surface area contributed by atoms with Crippen LogP contribution in [0.4, 0.5) is 0 Å². The Morgan fingerprint density at radius 3 is 2.87 bits per heavy atom. The molecule has 3 heteroatoms. The van der Waals surface area contributed by atoms with E-state index in [1.807, 2.05) is 11.3 Å². The summed E-state index contributed by atoms with van der Waals surface area (Å²) in [6, 6.07) is 4.70. The Kier molecular flexibility index (Phi) is 5.91. The normalized spacial score (nSPS) is 15.1. The molecule has 1 aromatic heterocycles. The van der Waals surface area contributed by atoms with E-state index in [0.29, 0.717) is 6.04 Å². The molecule has 0 bridgehead atoms. The standard InChI is InChI=1S/C12H22N2S/c1-3-5-10(2)8-11(14-13)9-12-6-4-7-15-12/h4,6-7,10-11,14H,3,5,8-9,13H2,1-2H3. The molecule has 0 fully saturated rings. The molecule has 0 aliphatic carbocycles. The maximum absolute atomic E-state index is 5.59. The highest BCUT2D eigenvalue weighted by Gasteiger charge is 2.12. The fraction of sp³-hybridized carbons (Fsp3) is 0.667. The summed E-state index contributed by atoms with van der Waals surface area (Å²) in [6.07, 6.45) is 4.78. The number of nitrogens with two attached hydrogens (primary N) is 1. The van der Waals surface area contributed by atoms with E-state index in [2.05, 4.69) is 36.8 Å². The predicted molar refractivity (Wildman–Crippen MR) is 67.8 cm³/mol. The molecule has 0 aromatic carbocycles. The van der Waals surface area contributed by atoms with Crippen LogP contribution in [0, 0.1) is 5.92 Å². The topological polar surface area (TPSA) is 38.0 Å². The number of thiophene rings is 1. The van der Waals surface area contributed by atoms with Gasteiger partial charge in [0, 0.05) is 10.9 Å². The maximum atomic E-state index is 5.59. The van der Waals surface area contributed by atoms with E-state index in [9.17, 15) is 0 Å². The van der Waals surface area contributed by atoms with Crippen LogP contribution < -0.4 is 11.3 Å². The zero-order valence-corrected chi connectivity index (χ0v) is 10.5. The van der Waals surface area contributed by atoms with Gasteiger partial charge >= 0.3 is 0 Å². The van der Waals surface area contributed by atoms with Crippen molar-refractivity contribution >= 4 is 11.3 Å². The van der Waals surface area contributed by atoms with Gasteiger partial charge in [-0.3, -0.25) is 11.3 Å². The summed E-state index contributed by atoms with van der Waals surface area (Å²) in [4.78, 5) is 1.42. The predicted octanol–water partition coefficient (Wildman–Crippen LogP) is 2.95. The van der Waals surface area contributed by atoms with Crippen molar-refractivity contribution in [3.63, 3.8) is 0 Å². The van der Waals surface area contributed by atoms with Gasteiger partial charge in [0.15, 0.2) is 0 Å². The molecule has 86 valence electrons. The van der Waals surface area contributed by atoms with Crippen molar-refractivity contribution in [2.45, 2.75) is 45.6 Å². The number of hydrogen-bond donors (Lipinski definition) is 2. The first-order valence-electron chi connectivity index (χ1n) is 5.74. The molecule has 3 N–H and O–H groups in total. The van der Waals surface area contributed by atoms with Gasteiger partial charge < -0.3 is 0 Å². The molecule has 1 heterocycles. The Hall–Kier alpha value is -0.380. The lowest BCUT2D eigenvalue weighted by molar-refractivity contribution is 0.386. The number of hydrogen-bond acceptors (Lipinski definition) is 3. The summed E-state index contributed by atoms with van der Waals surface area (Å²) in [6.45, 7) is 4.54. The van der Waals surface area contributed by atoms with Crippen molar-refractivity contribution in [1.29, 1.82) is 0 Å². The summed E-state index contributed by atoms with van der Waals surface area (Å²) < 4.78 is 0. The van der Waals surface area contributed by atoms with E-state index >= 15 is 0 Å². The molecule has 0 spiro atoms. The Labute approximate surface area is 96.9 Å². The van der Waals surface area contributed by atoms with Crippen LogP contribution in [0.1, 0.15) is 38.0 Å². The number of nitrogens with one attached hydrogen (secondary N) is 1. The Balaban J connectivity index is 2.35. The third-order valence-corrected chi connectivity index (χ3v) is 3.63. The highest BCUT2D eigenvalue weighted by atomic mass is 32.1. The van der Waals surface area contributed by atoms with E-state index < -0.39 is 0 Å². The van der Waals surface area contributed by atoms with Crippen molar-refractivity contribution in [1.82, 2.24) is 5.43 Å². The van der Waals surface area contributed by atoms with Crippen LogP contribution in [0.15, 0.2) is 17.5 Å².